The maximum absolute atomic E-state index is 12.6. The standard InChI is InChI=1S/C20H20N4O3/c1-12-4-6-15(7-5-12)24-13(2)10-16(14(24)3)17(25)11-27-20(26)18-19(21)23-9-8-22-18/h4-10H,11H2,1-3H3,(H2,21,23). The lowest BCUT2D eigenvalue weighted by molar-refractivity contribution is 0.0469. The molecular weight excluding hydrogens is 344 g/mol. The number of benzene rings is 1. The number of nitrogens with two attached hydrogens (primary N) is 1. The van der Waals surface area contributed by atoms with Gasteiger partial charge in [0.15, 0.2) is 18.1 Å². The van der Waals surface area contributed by atoms with Crippen LogP contribution in [-0.4, -0.2) is 32.9 Å². The van der Waals surface area contributed by atoms with Crippen LogP contribution < -0.4 is 5.73 Å². The molecular formula is C20H20N4O3. The van der Waals surface area contributed by atoms with E-state index in [4.69, 9.17) is 10.5 Å². The monoisotopic (exact) mass is 364 g/mol. The molecule has 0 aliphatic heterocycles. The van der Waals surface area contributed by atoms with Gasteiger partial charge < -0.3 is 15.0 Å². The number of hydrogen-bond donors (Lipinski definition) is 1. The van der Waals surface area contributed by atoms with E-state index in [1.165, 1.54) is 12.4 Å². The topological polar surface area (TPSA) is 100 Å². The summed E-state index contributed by atoms with van der Waals surface area (Å²) in [6.07, 6.45) is 2.71. The third-order valence-electron chi connectivity index (χ3n) is 4.28. The minimum atomic E-state index is -0.777. The molecule has 0 saturated heterocycles. The summed E-state index contributed by atoms with van der Waals surface area (Å²) < 4.78 is 7.07. The van der Waals surface area contributed by atoms with Crippen LogP contribution >= 0.6 is 0 Å². The van der Waals surface area contributed by atoms with Crippen molar-refractivity contribution >= 4 is 17.6 Å². The number of Topliss-reactive ketones (excluding diaryl/α,β-unsaturated/α-hetero) is 1. The molecule has 2 aromatic heterocycles. The van der Waals surface area contributed by atoms with Gasteiger partial charge in [0.1, 0.15) is 0 Å². The van der Waals surface area contributed by atoms with E-state index in [0.29, 0.717) is 5.56 Å². The number of ether oxygens (including phenoxy) is 1. The van der Waals surface area contributed by atoms with E-state index in [2.05, 4.69) is 9.97 Å². The Balaban J connectivity index is 1.78. The summed E-state index contributed by atoms with van der Waals surface area (Å²) in [4.78, 5) is 32.2. The Morgan fingerprint density at radius 3 is 2.41 bits per heavy atom. The van der Waals surface area contributed by atoms with Crippen LogP contribution in [0.25, 0.3) is 5.69 Å². The molecule has 2 N–H and O–H groups in total. The summed E-state index contributed by atoms with van der Waals surface area (Å²) in [5.74, 6) is -1.11. The van der Waals surface area contributed by atoms with Gasteiger partial charge in [-0.3, -0.25) is 4.79 Å². The van der Waals surface area contributed by atoms with Crippen molar-refractivity contribution < 1.29 is 14.3 Å². The molecule has 0 fully saturated rings. The summed E-state index contributed by atoms with van der Waals surface area (Å²) in [7, 11) is 0. The van der Waals surface area contributed by atoms with Crippen molar-refractivity contribution in [1.82, 2.24) is 14.5 Å². The second-order valence-corrected chi connectivity index (χ2v) is 6.25. The molecule has 0 amide bonds. The van der Waals surface area contributed by atoms with Gasteiger partial charge in [-0.2, -0.15) is 0 Å². The first-order chi connectivity index (χ1) is 12.9. The molecule has 0 atom stereocenters. The fourth-order valence-corrected chi connectivity index (χ4v) is 2.92. The number of hydrogen-bond acceptors (Lipinski definition) is 6. The van der Waals surface area contributed by atoms with Gasteiger partial charge in [-0.05, 0) is 39.0 Å². The normalized spacial score (nSPS) is 10.6. The molecule has 3 aromatic rings. The van der Waals surface area contributed by atoms with E-state index in [1.807, 2.05) is 49.6 Å². The maximum atomic E-state index is 12.6. The molecule has 0 unspecified atom stereocenters. The van der Waals surface area contributed by atoms with Crippen molar-refractivity contribution in [2.24, 2.45) is 0 Å². The zero-order valence-electron chi connectivity index (χ0n) is 15.4. The van der Waals surface area contributed by atoms with E-state index in [1.54, 1.807) is 6.07 Å². The Morgan fingerprint density at radius 2 is 1.74 bits per heavy atom. The first-order valence-corrected chi connectivity index (χ1v) is 8.41. The highest BCUT2D eigenvalue weighted by Gasteiger charge is 2.20. The molecule has 3 rings (SSSR count). The molecule has 138 valence electrons. The minimum absolute atomic E-state index is 0.0347. The average Bonchev–Trinajstić information content (AvgIpc) is 2.95. The summed E-state index contributed by atoms with van der Waals surface area (Å²) >= 11 is 0. The molecule has 7 heteroatoms. The van der Waals surface area contributed by atoms with E-state index in [9.17, 15) is 9.59 Å². The second kappa shape index (κ2) is 7.41. The first-order valence-electron chi connectivity index (χ1n) is 8.41. The fourth-order valence-electron chi connectivity index (χ4n) is 2.92. The first kappa shape index (κ1) is 18.3. The molecule has 0 aliphatic rings. The van der Waals surface area contributed by atoms with Crippen molar-refractivity contribution in [3.63, 3.8) is 0 Å². The molecule has 0 radical (unpaired) electrons. The zero-order valence-corrected chi connectivity index (χ0v) is 15.4. The number of esters is 1. The van der Waals surface area contributed by atoms with E-state index < -0.39 is 12.6 Å². The number of carbonyl (C=O) groups is 2. The van der Waals surface area contributed by atoms with Gasteiger partial charge in [0, 0.05) is 35.0 Å². The summed E-state index contributed by atoms with van der Waals surface area (Å²) in [5, 5.41) is 0. The van der Waals surface area contributed by atoms with E-state index in [0.717, 1.165) is 22.6 Å². The predicted octanol–water partition coefficient (Wildman–Crippen LogP) is 2.81. The molecule has 0 aliphatic carbocycles. The largest absolute Gasteiger partial charge is 0.452 e. The van der Waals surface area contributed by atoms with Gasteiger partial charge in [-0.25, -0.2) is 14.8 Å². The smallest absolute Gasteiger partial charge is 0.361 e. The van der Waals surface area contributed by atoms with Crippen LogP contribution in [0.3, 0.4) is 0 Å². The van der Waals surface area contributed by atoms with Crippen molar-refractivity contribution in [1.29, 1.82) is 0 Å². The number of ketones is 1. The van der Waals surface area contributed by atoms with Gasteiger partial charge in [-0.1, -0.05) is 17.7 Å². The fraction of sp³-hybridized carbons (Fsp3) is 0.200. The molecule has 0 bridgehead atoms. The van der Waals surface area contributed by atoms with Gasteiger partial charge >= 0.3 is 5.97 Å². The van der Waals surface area contributed by atoms with Gasteiger partial charge in [-0.15, -0.1) is 0 Å². The van der Waals surface area contributed by atoms with E-state index in [-0.39, 0.29) is 17.3 Å². The van der Waals surface area contributed by atoms with Crippen LogP contribution in [0, 0.1) is 20.8 Å². The number of rotatable bonds is 5. The highest BCUT2D eigenvalue weighted by molar-refractivity contribution is 6.01. The predicted molar refractivity (Wildman–Crippen MR) is 101 cm³/mol. The third-order valence-corrected chi connectivity index (χ3v) is 4.28. The second-order valence-electron chi connectivity index (χ2n) is 6.25. The molecule has 1 aromatic carbocycles. The van der Waals surface area contributed by atoms with Crippen molar-refractivity contribution in [3.05, 3.63) is 70.9 Å². The number of nitrogen functional groups attached to an aromatic ring is 1. The number of anilines is 1. The molecule has 7 nitrogen and oxygen atoms in total. The number of aryl methyl sites for hydroxylation is 2. The Morgan fingerprint density at radius 1 is 1.07 bits per heavy atom. The summed E-state index contributed by atoms with van der Waals surface area (Å²) in [6.45, 7) is 5.41. The van der Waals surface area contributed by atoms with Crippen LogP contribution in [0.2, 0.25) is 0 Å². The van der Waals surface area contributed by atoms with Crippen LogP contribution in [0.4, 0.5) is 5.82 Å². The van der Waals surface area contributed by atoms with Crippen LogP contribution in [0.1, 0.15) is 37.8 Å². The van der Waals surface area contributed by atoms with Crippen LogP contribution in [0.15, 0.2) is 42.7 Å². The van der Waals surface area contributed by atoms with Crippen molar-refractivity contribution in [2.75, 3.05) is 12.3 Å². The lowest BCUT2D eigenvalue weighted by atomic mass is 10.1. The quantitative estimate of drug-likeness (QED) is 0.552. The van der Waals surface area contributed by atoms with Crippen LogP contribution in [0.5, 0.6) is 0 Å². The number of aromatic nitrogens is 3. The van der Waals surface area contributed by atoms with Crippen LogP contribution in [-0.2, 0) is 4.74 Å². The van der Waals surface area contributed by atoms with Gasteiger partial charge in [0.05, 0.1) is 0 Å². The highest BCUT2D eigenvalue weighted by atomic mass is 16.5. The van der Waals surface area contributed by atoms with Crippen molar-refractivity contribution in [2.45, 2.75) is 20.8 Å². The molecule has 0 saturated carbocycles. The maximum Gasteiger partial charge on any atom is 0.361 e. The SMILES string of the molecule is Cc1ccc(-n2c(C)cc(C(=O)COC(=O)c3nccnc3N)c2C)cc1. The zero-order chi connectivity index (χ0) is 19.6. The van der Waals surface area contributed by atoms with E-state index >= 15 is 0 Å². The molecule has 27 heavy (non-hydrogen) atoms. The Kier molecular flexibility index (Phi) is 5.03. The Labute approximate surface area is 156 Å². The third kappa shape index (κ3) is 3.72. The highest BCUT2D eigenvalue weighted by Crippen LogP contribution is 2.22. The summed E-state index contributed by atoms with van der Waals surface area (Å²) in [6, 6.07) is 9.83. The Hall–Kier alpha value is -3.48. The lowest BCUT2D eigenvalue weighted by Gasteiger charge is -2.10. The molecule has 0 spiro atoms. The van der Waals surface area contributed by atoms with Gasteiger partial charge in [0.25, 0.3) is 0 Å². The Bertz CT molecular complexity index is 1010. The van der Waals surface area contributed by atoms with Crippen molar-refractivity contribution in [3.8, 4) is 5.69 Å². The average molecular weight is 364 g/mol. The molecule has 2 heterocycles. The van der Waals surface area contributed by atoms with Gasteiger partial charge in [0.2, 0.25) is 5.78 Å². The number of nitrogens with zero attached hydrogens (tertiary/aromatic N) is 3. The summed E-state index contributed by atoms with van der Waals surface area (Å²) in [5.41, 5.74) is 9.84. The minimum Gasteiger partial charge on any atom is -0.452 e. The number of carbonyl (C=O) groups excluding carboxylic acids is 2. The lowest BCUT2D eigenvalue weighted by Crippen LogP contribution is -2.17.